The van der Waals surface area contributed by atoms with Gasteiger partial charge in [-0.3, -0.25) is 9.89 Å². The lowest BCUT2D eigenvalue weighted by atomic mass is 10.3. The van der Waals surface area contributed by atoms with Crippen LogP contribution < -0.4 is 10.0 Å². The van der Waals surface area contributed by atoms with Crippen molar-refractivity contribution in [2.45, 2.75) is 0 Å². The fourth-order valence-corrected chi connectivity index (χ4v) is 1.36. The van der Waals surface area contributed by atoms with Crippen molar-refractivity contribution in [3.05, 3.63) is 18.0 Å². The molecule has 3 N–H and O–H groups in total. The van der Waals surface area contributed by atoms with Crippen LogP contribution in [-0.2, 0) is 10.0 Å². The Labute approximate surface area is 87.3 Å². The summed E-state index contributed by atoms with van der Waals surface area (Å²) in [4.78, 5) is 11.3. The number of amides is 1. The number of nitrogens with zero attached hydrogens (tertiary/aromatic N) is 1. The Morgan fingerprint density at radius 1 is 1.53 bits per heavy atom. The molecule has 7 nitrogen and oxygen atoms in total. The molecule has 0 radical (unpaired) electrons. The van der Waals surface area contributed by atoms with E-state index in [4.69, 9.17) is 0 Å². The van der Waals surface area contributed by atoms with E-state index in [1.165, 1.54) is 12.4 Å². The van der Waals surface area contributed by atoms with Gasteiger partial charge in [0, 0.05) is 19.3 Å². The van der Waals surface area contributed by atoms with Gasteiger partial charge in [0.25, 0.3) is 5.91 Å². The number of carbonyl (C=O) groups excluding carboxylic acids is 1. The largest absolute Gasteiger partial charge is 0.351 e. The summed E-state index contributed by atoms with van der Waals surface area (Å²) in [5, 5.41) is 8.65. The standard InChI is InChI=1S/C7H12N4O3S/c1-15(13,14)11-3-2-8-7(12)6-4-9-10-5-6/h4-5,11H,2-3H2,1H3,(H,8,12)(H,9,10). The Hall–Kier alpha value is -1.41. The molecule has 1 rings (SSSR count). The fraction of sp³-hybridized carbons (Fsp3) is 0.429. The summed E-state index contributed by atoms with van der Waals surface area (Å²) in [5.74, 6) is -0.293. The van der Waals surface area contributed by atoms with Crippen molar-refractivity contribution >= 4 is 15.9 Å². The number of rotatable bonds is 5. The highest BCUT2D eigenvalue weighted by atomic mass is 32.2. The first-order valence-electron chi connectivity index (χ1n) is 4.20. The lowest BCUT2D eigenvalue weighted by molar-refractivity contribution is 0.0954. The van der Waals surface area contributed by atoms with Crippen LogP contribution in [0.3, 0.4) is 0 Å². The highest BCUT2D eigenvalue weighted by Crippen LogP contribution is 1.91. The molecule has 0 aromatic carbocycles. The molecule has 0 unspecified atom stereocenters. The molecule has 0 aliphatic carbocycles. The number of sulfonamides is 1. The van der Waals surface area contributed by atoms with Gasteiger partial charge in [0.1, 0.15) is 0 Å². The van der Waals surface area contributed by atoms with Crippen molar-refractivity contribution in [3.63, 3.8) is 0 Å². The van der Waals surface area contributed by atoms with E-state index in [0.717, 1.165) is 6.26 Å². The minimum Gasteiger partial charge on any atom is -0.351 e. The van der Waals surface area contributed by atoms with Gasteiger partial charge in [0.05, 0.1) is 18.0 Å². The van der Waals surface area contributed by atoms with E-state index in [1.54, 1.807) is 0 Å². The fourth-order valence-electron chi connectivity index (χ4n) is 0.890. The Balaban J connectivity index is 2.24. The molecule has 0 saturated carbocycles. The SMILES string of the molecule is CS(=O)(=O)NCCNC(=O)c1cn[nH]c1. The average molecular weight is 232 g/mol. The van der Waals surface area contributed by atoms with Crippen LogP contribution in [0.2, 0.25) is 0 Å². The Morgan fingerprint density at radius 3 is 2.80 bits per heavy atom. The van der Waals surface area contributed by atoms with Crippen molar-refractivity contribution in [3.8, 4) is 0 Å². The van der Waals surface area contributed by atoms with Gasteiger partial charge in [-0.15, -0.1) is 0 Å². The van der Waals surface area contributed by atoms with Crippen molar-refractivity contribution < 1.29 is 13.2 Å². The molecule has 0 aliphatic rings. The predicted octanol–water partition coefficient (Wildman–Crippen LogP) is -1.31. The third-order valence-electron chi connectivity index (χ3n) is 1.54. The first-order chi connectivity index (χ1) is 6.99. The Morgan fingerprint density at radius 2 is 2.27 bits per heavy atom. The van der Waals surface area contributed by atoms with E-state index < -0.39 is 10.0 Å². The summed E-state index contributed by atoms with van der Waals surface area (Å²) in [6.45, 7) is 0.402. The molecule has 1 aromatic heterocycles. The van der Waals surface area contributed by atoms with E-state index in [0.29, 0.717) is 5.56 Å². The maximum Gasteiger partial charge on any atom is 0.254 e. The number of carbonyl (C=O) groups is 1. The minimum absolute atomic E-state index is 0.169. The summed E-state index contributed by atoms with van der Waals surface area (Å²) in [6, 6.07) is 0. The Kier molecular flexibility index (Phi) is 3.81. The lowest BCUT2D eigenvalue weighted by Crippen LogP contribution is -2.34. The van der Waals surface area contributed by atoms with E-state index in [-0.39, 0.29) is 19.0 Å². The van der Waals surface area contributed by atoms with Crippen LogP contribution in [0.4, 0.5) is 0 Å². The predicted molar refractivity (Wildman–Crippen MR) is 53.8 cm³/mol. The van der Waals surface area contributed by atoms with E-state index >= 15 is 0 Å². The molecule has 0 aliphatic heterocycles. The zero-order valence-electron chi connectivity index (χ0n) is 8.15. The number of hydrogen-bond acceptors (Lipinski definition) is 4. The molecule has 1 heterocycles. The molecule has 84 valence electrons. The van der Waals surface area contributed by atoms with Crippen LogP contribution in [0.1, 0.15) is 10.4 Å². The summed E-state index contributed by atoms with van der Waals surface area (Å²) < 4.78 is 23.6. The minimum atomic E-state index is -3.20. The van der Waals surface area contributed by atoms with Gasteiger partial charge < -0.3 is 5.32 Å². The molecule has 15 heavy (non-hydrogen) atoms. The molecule has 0 atom stereocenters. The molecule has 0 saturated heterocycles. The van der Waals surface area contributed by atoms with E-state index in [2.05, 4.69) is 20.2 Å². The second-order valence-corrected chi connectivity index (χ2v) is 4.74. The summed E-state index contributed by atoms with van der Waals surface area (Å²) in [7, 11) is -3.20. The Bertz CT molecular complexity index is 411. The monoisotopic (exact) mass is 232 g/mol. The molecular weight excluding hydrogens is 220 g/mol. The first kappa shape index (κ1) is 11.7. The van der Waals surface area contributed by atoms with Gasteiger partial charge in [0.2, 0.25) is 10.0 Å². The number of H-pyrrole nitrogens is 1. The summed E-state index contributed by atoms with van der Waals surface area (Å²) in [5.41, 5.74) is 0.411. The van der Waals surface area contributed by atoms with Crippen LogP contribution in [0.5, 0.6) is 0 Å². The summed E-state index contributed by atoms with van der Waals surface area (Å²) >= 11 is 0. The molecule has 0 bridgehead atoms. The van der Waals surface area contributed by atoms with Crippen LogP contribution >= 0.6 is 0 Å². The molecule has 0 spiro atoms. The molecule has 0 fully saturated rings. The van der Waals surface area contributed by atoms with Crippen LogP contribution in [0.25, 0.3) is 0 Å². The second kappa shape index (κ2) is 4.89. The van der Waals surface area contributed by atoms with Crippen LogP contribution in [0, 0.1) is 0 Å². The smallest absolute Gasteiger partial charge is 0.254 e. The first-order valence-corrected chi connectivity index (χ1v) is 6.10. The highest BCUT2D eigenvalue weighted by Gasteiger charge is 2.05. The van der Waals surface area contributed by atoms with Crippen LogP contribution in [0.15, 0.2) is 12.4 Å². The second-order valence-electron chi connectivity index (χ2n) is 2.91. The highest BCUT2D eigenvalue weighted by molar-refractivity contribution is 7.88. The van der Waals surface area contributed by atoms with Crippen molar-refractivity contribution in [2.24, 2.45) is 0 Å². The normalized spacial score (nSPS) is 11.3. The van der Waals surface area contributed by atoms with Gasteiger partial charge in [-0.25, -0.2) is 13.1 Å². The number of nitrogens with one attached hydrogen (secondary N) is 3. The third-order valence-corrected chi connectivity index (χ3v) is 2.26. The lowest BCUT2D eigenvalue weighted by Gasteiger charge is -2.03. The molecule has 8 heteroatoms. The summed E-state index contributed by atoms with van der Waals surface area (Å²) in [6.07, 6.45) is 3.91. The zero-order chi connectivity index (χ0) is 11.3. The van der Waals surface area contributed by atoms with Crippen molar-refractivity contribution in [2.75, 3.05) is 19.3 Å². The maximum absolute atomic E-state index is 11.3. The van der Waals surface area contributed by atoms with Crippen molar-refractivity contribution in [1.29, 1.82) is 0 Å². The van der Waals surface area contributed by atoms with Crippen molar-refractivity contribution in [1.82, 2.24) is 20.2 Å². The number of aromatic nitrogens is 2. The van der Waals surface area contributed by atoms with Gasteiger partial charge in [-0.1, -0.05) is 0 Å². The topological polar surface area (TPSA) is 104 Å². The van der Waals surface area contributed by atoms with E-state index in [1.807, 2.05) is 0 Å². The quantitative estimate of drug-likeness (QED) is 0.548. The molecule has 1 amide bonds. The molecule has 1 aromatic rings. The third kappa shape index (κ3) is 4.56. The zero-order valence-corrected chi connectivity index (χ0v) is 8.97. The van der Waals surface area contributed by atoms with Gasteiger partial charge in [-0.2, -0.15) is 5.10 Å². The number of aromatic amines is 1. The average Bonchev–Trinajstić information content (AvgIpc) is 2.63. The van der Waals surface area contributed by atoms with E-state index in [9.17, 15) is 13.2 Å². The van der Waals surface area contributed by atoms with Gasteiger partial charge in [-0.05, 0) is 0 Å². The van der Waals surface area contributed by atoms with Crippen LogP contribution in [-0.4, -0.2) is 43.9 Å². The number of hydrogen-bond donors (Lipinski definition) is 3. The van der Waals surface area contributed by atoms with Gasteiger partial charge >= 0.3 is 0 Å². The molecular formula is C7H12N4O3S. The maximum atomic E-state index is 11.3. The van der Waals surface area contributed by atoms with Gasteiger partial charge in [0.15, 0.2) is 0 Å².